The Labute approximate surface area is 108 Å². The Balaban J connectivity index is 2.26. The number of hydrogen-bond acceptors (Lipinski definition) is 2. The van der Waals surface area contributed by atoms with Crippen LogP contribution in [0.15, 0.2) is 0 Å². The number of halogens is 3. The van der Waals surface area contributed by atoms with Crippen molar-refractivity contribution in [1.29, 1.82) is 0 Å². The summed E-state index contributed by atoms with van der Waals surface area (Å²) in [5.74, 6) is 0.574. The highest BCUT2D eigenvalue weighted by Gasteiger charge is 2.28. The van der Waals surface area contributed by atoms with Gasteiger partial charge in [-0.15, -0.1) is 0 Å². The summed E-state index contributed by atoms with van der Waals surface area (Å²) in [6, 6.07) is 0.459. The van der Waals surface area contributed by atoms with Crippen molar-refractivity contribution in [2.75, 3.05) is 26.2 Å². The smallest absolute Gasteiger partial charge is 0.314 e. The molecule has 2 atom stereocenters. The number of likely N-dealkylation sites (tertiary alicyclic amines) is 1. The quantitative estimate of drug-likeness (QED) is 0.795. The predicted molar refractivity (Wildman–Crippen MR) is 67.6 cm³/mol. The molecule has 1 fully saturated rings. The van der Waals surface area contributed by atoms with Gasteiger partial charge in [0.05, 0.1) is 0 Å². The second-order valence-electron chi connectivity index (χ2n) is 5.27. The maximum absolute atomic E-state index is 12.1. The fourth-order valence-corrected chi connectivity index (χ4v) is 2.69. The van der Waals surface area contributed by atoms with Crippen LogP contribution in [-0.4, -0.2) is 43.3 Å². The maximum atomic E-state index is 12.1. The standard InChI is InChI=1S/C13H25F3N2/c1-3-17-11(2)12-6-4-8-18(10-12)9-5-7-13(14,15)16/h11-12,17H,3-10H2,1-2H3. The van der Waals surface area contributed by atoms with Gasteiger partial charge in [0.1, 0.15) is 0 Å². The van der Waals surface area contributed by atoms with Gasteiger partial charge in [-0.1, -0.05) is 6.92 Å². The lowest BCUT2D eigenvalue weighted by Gasteiger charge is -2.36. The first-order valence-corrected chi connectivity index (χ1v) is 6.95. The van der Waals surface area contributed by atoms with Crippen LogP contribution < -0.4 is 5.32 Å². The van der Waals surface area contributed by atoms with E-state index in [1.54, 1.807) is 0 Å². The fourth-order valence-electron chi connectivity index (χ4n) is 2.69. The second-order valence-corrected chi connectivity index (χ2v) is 5.27. The SMILES string of the molecule is CCNC(C)C1CCCN(CCCC(F)(F)F)C1. The number of piperidine rings is 1. The summed E-state index contributed by atoms with van der Waals surface area (Å²) in [7, 11) is 0. The largest absolute Gasteiger partial charge is 0.389 e. The van der Waals surface area contributed by atoms with Crippen molar-refractivity contribution in [2.24, 2.45) is 5.92 Å². The van der Waals surface area contributed by atoms with E-state index in [0.717, 1.165) is 26.1 Å². The molecule has 108 valence electrons. The lowest BCUT2D eigenvalue weighted by Crippen LogP contribution is -2.44. The maximum Gasteiger partial charge on any atom is 0.389 e. The second kappa shape index (κ2) is 7.34. The van der Waals surface area contributed by atoms with Crippen LogP contribution in [0.25, 0.3) is 0 Å². The Hall–Kier alpha value is -0.290. The van der Waals surface area contributed by atoms with E-state index < -0.39 is 12.6 Å². The Morgan fingerprint density at radius 1 is 1.39 bits per heavy atom. The van der Waals surface area contributed by atoms with Crippen LogP contribution in [0, 0.1) is 5.92 Å². The van der Waals surface area contributed by atoms with Crippen molar-refractivity contribution in [3.8, 4) is 0 Å². The monoisotopic (exact) mass is 266 g/mol. The molecule has 0 amide bonds. The zero-order chi connectivity index (χ0) is 13.6. The van der Waals surface area contributed by atoms with Gasteiger partial charge in [0.15, 0.2) is 0 Å². The first-order valence-electron chi connectivity index (χ1n) is 6.95. The van der Waals surface area contributed by atoms with Crippen molar-refractivity contribution >= 4 is 0 Å². The van der Waals surface area contributed by atoms with Gasteiger partial charge in [0.25, 0.3) is 0 Å². The molecule has 0 saturated carbocycles. The van der Waals surface area contributed by atoms with Gasteiger partial charge in [-0.3, -0.25) is 0 Å². The summed E-state index contributed by atoms with van der Waals surface area (Å²) in [4.78, 5) is 2.19. The zero-order valence-electron chi connectivity index (χ0n) is 11.4. The van der Waals surface area contributed by atoms with E-state index in [4.69, 9.17) is 0 Å². The Morgan fingerprint density at radius 3 is 2.72 bits per heavy atom. The predicted octanol–water partition coefficient (Wildman–Crippen LogP) is 3.04. The Morgan fingerprint density at radius 2 is 2.11 bits per heavy atom. The average molecular weight is 266 g/mol. The number of rotatable bonds is 6. The summed E-state index contributed by atoms with van der Waals surface area (Å²) in [6.07, 6.45) is -2.15. The number of alkyl halides is 3. The average Bonchev–Trinajstić information content (AvgIpc) is 2.28. The van der Waals surface area contributed by atoms with Gasteiger partial charge < -0.3 is 10.2 Å². The molecule has 0 aromatic carbocycles. The first-order chi connectivity index (χ1) is 8.42. The highest BCUT2D eigenvalue weighted by Crippen LogP contribution is 2.23. The molecule has 1 aliphatic heterocycles. The van der Waals surface area contributed by atoms with Crippen molar-refractivity contribution in [3.05, 3.63) is 0 Å². The molecule has 0 bridgehead atoms. The molecule has 1 heterocycles. The molecule has 0 radical (unpaired) electrons. The fraction of sp³-hybridized carbons (Fsp3) is 1.00. The van der Waals surface area contributed by atoms with Crippen molar-refractivity contribution < 1.29 is 13.2 Å². The van der Waals surface area contributed by atoms with E-state index in [1.807, 2.05) is 0 Å². The molecule has 0 aromatic rings. The summed E-state index contributed by atoms with van der Waals surface area (Å²) < 4.78 is 36.3. The van der Waals surface area contributed by atoms with Crippen LogP contribution in [-0.2, 0) is 0 Å². The van der Waals surface area contributed by atoms with E-state index in [1.165, 1.54) is 6.42 Å². The molecular weight excluding hydrogens is 241 g/mol. The minimum absolute atomic E-state index is 0.228. The lowest BCUT2D eigenvalue weighted by atomic mass is 9.91. The first kappa shape index (κ1) is 15.8. The summed E-state index contributed by atoms with van der Waals surface area (Å²) in [6.45, 7) is 7.67. The van der Waals surface area contributed by atoms with Crippen LogP contribution in [0.1, 0.15) is 39.5 Å². The third-order valence-corrected chi connectivity index (χ3v) is 3.71. The third-order valence-electron chi connectivity index (χ3n) is 3.71. The van der Waals surface area contributed by atoms with Crippen LogP contribution in [0.5, 0.6) is 0 Å². The molecule has 1 saturated heterocycles. The topological polar surface area (TPSA) is 15.3 Å². The summed E-state index contributed by atoms with van der Waals surface area (Å²) in [5, 5.41) is 3.41. The van der Waals surface area contributed by atoms with Gasteiger partial charge >= 0.3 is 6.18 Å². The number of nitrogens with one attached hydrogen (secondary N) is 1. The Kier molecular flexibility index (Phi) is 6.43. The van der Waals surface area contributed by atoms with Crippen molar-refractivity contribution in [1.82, 2.24) is 10.2 Å². The molecule has 2 nitrogen and oxygen atoms in total. The van der Waals surface area contributed by atoms with E-state index in [9.17, 15) is 13.2 Å². The van der Waals surface area contributed by atoms with Gasteiger partial charge in [0, 0.05) is 19.0 Å². The van der Waals surface area contributed by atoms with Gasteiger partial charge in [-0.2, -0.15) is 13.2 Å². The summed E-state index contributed by atoms with van der Waals surface area (Å²) in [5.41, 5.74) is 0. The molecule has 0 aromatic heterocycles. The van der Waals surface area contributed by atoms with Gasteiger partial charge in [-0.05, 0) is 51.7 Å². The van der Waals surface area contributed by atoms with Crippen LogP contribution in [0.2, 0.25) is 0 Å². The molecular formula is C13H25F3N2. The molecule has 0 spiro atoms. The third kappa shape index (κ3) is 6.05. The molecule has 5 heteroatoms. The number of nitrogens with zero attached hydrogens (tertiary/aromatic N) is 1. The van der Waals surface area contributed by atoms with Crippen LogP contribution >= 0.6 is 0 Å². The molecule has 1 N–H and O–H groups in total. The highest BCUT2D eigenvalue weighted by molar-refractivity contribution is 4.80. The molecule has 0 aliphatic carbocycles. The van der Waals surface area contributed by atoms with Gasteiger partial charge in [0.2, 0.25) is 0 Å². The molecule has 2 unspecified atom stereocenters. The Bertz CT molecular complexity index is 231. The minimum Gasteiger partial charge on any atom is -0.314 e. The number of hydrogen-bond donors (Lipinski definition) is 1. The van der Waals surface area contributed by atoms with Crippen molar-refractivity contribution in [2.45, 2.75) is 51.7 Å². The van der Waals surface area contributed by atoms with E-state index in [0.29, 0.717) is 18.5 Å². The molecule has 1 rings (SSSR count). The summed E-state index contributed by atoms with van der Waals surface area (Å²) >= 11 is 0. The van der Waals surface area contributed by atoms with Crippen LogP contribution in [0.3, 0.4) is 0 Å². The van der Waals surface area contributed by atoms with E-state index >= 15 is 0 Å². The van der Waals surface area contributed by atoms with Crippen LogP contribution in [0.4, 0.5) is 13.2 Å². The van der Waals surface area contributed by atoms with Gasteiger partial charge in [-0.25, -0.2) is 0 Å². The van der Waals surface area contributed by atoms with Crippen molar-refractivity contribution in [3.63, 3.8) is 0 Å². The zero-order valence-corrected chi connectivity index (χ0v) is 11.4. The van der Waals surface area contributed by atoms with E-state index in [2.05, 4.69) is 24.1 Å². The lowest BCUT2D eigenvalue weighted by molar-refractivity contribution is -0.136. The normalized spacial score (nSPS) is 24.2. The van der Waals surface area contributed by atoms with E-state index in [-0.39, 0.29) is 6.42 Å². The minimum atomic E-state index is -4.01. The molecule has 18 heavy (non-hydrogen) atoms. The molecule has 1 aliphatic rings. The highest BCUT2D eigenvalue weighted by atomic mass is 19.4.